The lowest BCUT2D eigenvalue weighted by Gasteiger charge is -2.09. The van der Waals surface area contributed by atoms with Gasteiger partial charge in [0, 0.05) is 12.1 Å². The predicted molar refractivity (Wildman–Crippen MR) is 62.8 cm³/mol. The van der Waals surface area contributed by atoms with Crippen molar-refractivity contribution in [3.05, 3.63) is 29.8 Å². The molecule has 0 radical (unpaired) electrons. The summed E-state index contributed by atoms with van der Waals surface area (Å²) < 4.78 is 0. The Balaban J connectivity index is 1.85. The highest BCUT2D eigenvalue weighted by atomic mass is 35.5. The molecule has 1 fully saturated rings. The van der Waals surface area contributed by atoms with Crippen LogP contribution >= 0.6 is 11.6 Å². The van der Waals surface area contributed by atoms with Crippen LogP contribution in [0.2, 0.25) is 0 Å². The van der Waals surface area contributed by atoms with Crippen LogP contribution in [0.1, 0.15) is 23.2 Å². The van der Waals surface area contributed by atoms with E-state index in [4.69, 9.17) is 16.7 Å². The summed E-state index contributed by atoms with van der Waals surface area (Å²) in [6, 6.07) is 6.16. The minimum atomic E-state index is -0.147. The van der Waals surface area contributed by atoms with Gasteiger partial charge in [-0.05, 0) is 43.0 Å². The largest absolute Gasteiger partial charge is 0.508 e. The number of alkyl halides is 1. The Morgan fingerprint density at radius 3 is 2.62 bits per heavy atom. The van der Waals surface area contributed by atoms with Gasteiger partial charge in [-0.15, -0.1) is 11.6 Å². The second kappa shape index (κ2) is 4.74. The lowest BCUT2D eigenvalue weighted by molar-refractivity contribution is 0.0953. The Morgan fingerprint density at radius 1 is 1.44 bits per heavy atom. The van der Waals surface area contributed by atoms with Gasteiger partial charge >= 0.3 is 0 Å². The molecule has 0 heterocycles. The Morgan fingerprint density at radius 2 is 2.06 bits per heavy atom. The van der Waals surface area contributed by atoms with Crippen molar-refractivity contribution in [3.63, 3.8) is 0 Å². The molecule has 1 aromatic rings. The van der Waals surface area contributed by atoms with E-state index >= 15 is 0 Å². The fourth-order valence-corrected chi connectivity index (χ4v) is 1.86. The first kappa shape index (κ1) is 11.3. The van der Waals surface area contributed by atoms with E-state index in [1.165, 1.54) is 25.0 Å². The lowest BCUT2D eigenvalue weighted by atomic mass is 10.2. The number of amides is 1. The average Bonchev–Trinajstić information content (AvgIpc) is 3.10. The third kappa shape index (κ3) is 2.89. The Hall–Kier alpha value is -1.22. The molecule has 86 valence electrons. The van der Waals surface area contributed by atoms with Crippen molar-refractivity contribution >= 4 is 17.5 Å². The SMILES string of the molecule is O=C(NCC(Cl)C1CC1)c1ccc(O)cc1. The molecular weight excluding hydrogens is 226 g/mol. The number of phenolic OH excluding ortho intramolecular Hbond substituents is 1. The summed E-state index contributed by atoms with van der Waals surface area (Å²) in [6.45, 7) is 0.506. The maximum Gasteiger partial charge on any atom is 0.251 e. The molecule has 0 saturated heterocycles. The highest BCUT2D eigenvalue weighted by Crippen LogP contribution is 2.35. The first-order valence-electron chi connectivity index (χ1n) is 5.38. The molecule has 3 nitrogen and oxygen atoms in total. The first-order valence-corrected chi connectivity index (χ1v) is 5.82. The topological polar surface area (TPSA) is 49.3 Å². The van der Waals surface area contributed by atoms with Gasteiger partial charge in [0.1, 0.15) is 5.75 Å². The van der Waals surface area contributed by atoms with Crippen molar-refractivity contribution in [2.45, 2.75) is 18.2 Å². The van der Waals surface area contributed by atoms with E-state index in [2.05, 4.69) is 5.32 Å². The number of halogens is 1. The van der Waals surface area contributed by atoms with Crippen LogP contribution in [0.4, 0.5) is 0 Å². The van der Waals surface area contributed by atoms with Gasteiger partial charge in [0.2, 0.25) is 0 Å². The summed E-state index contributed by atoms with van der Waals surface area (Å²) in [5.41, 5.74) is 0.539. The minimum Gasteiger partial charge on any atom is -0.508 e. The fourth-order valence-electron chi connectivity index (χ4n) is 1.53. The van der Waals surface area contributed by atoms with Crippen LogP contribution < -0.4 is 5.32 Å². The van der Waals surface area contributed by atoms with Crippen LogP contribution in [0.25, 0.3) is 0 Å². The van der Waals surface area contributed by atoms with Gasteiger partial charge in [-0.2, -0.15) is 0 Å². The summed E-state index contributed by atoms with van der Waals surface area (Å²) in [6.07, 6.45) is 2.34. The van der Waals surface area contributed by atoms with Crippen molar-refractivity contribution in [1.29, 1.82) is 0 Å². The van der Waals surface area contributed by atoms with Crippen LogP contribution in [-0.4, -0.2) is 22.9 Å². The Bertz CT molecular complexity index is 373. The monoisotopic (exact) mass is 239 g/mol. The standard InChI is InChI=1S/C12H14ClNO2/c13-11(8-1-2-8)7-14-12(16)9-3-5-10(15)6-4-9/h3-6,8,11,15H,1-2,7H2,(H,14,16). The van der Waals surface area contributed by atoms with E-state index in [1.54, 1.807) is 12.1 Å². The Kier molecular flexibility index (Phi) is 3.34. The zero-order valence-electron chi connectivity index (χ0n) is 8.82. The van der Waals surface area contributed by atoms with Gasteiger partial charge in [-0.3, -0.25) is 4.79 Å². The molecule has 0 bridgehead atoms. The first-order chi connectivity index (χ1) is 7.66. The van der Waals surface area contributed by atoms with E-state index in [0.717, 1.165) is 0 Å². The number of hydrogen-bond donors (Lipinski definition) is 2. The molecule has 1 amide bonds. The van der Waals surface area contributed by atoms with E-state index < -0.39 is 0 Å². The van der Waals surface area contributed by atoms with Gasteiger partial charge in [-0.25, -0.2) is 0 Å². The molecule has 1 aliphatic rings. The normalized spacial score (nSPS) is 16.8. The highest BCUT2D eigenvalue weighted by Gasteiger charge is 2.29. The third-order valence-electron chi connectivity index (χ3n) is 2.72. The second-order valence-electron chi connectivity index (χ2n) is 4.11. The van der Waals surface area contributed by atoms with Crippen LogP contribution in [-0.2, 0) is 0 Å². The van der Waals surface area contributed by atoms with Crippen molar-refractivity contribution in [1.82, 2.24) is 5.32 Å². The van der Waals surface area contributed by atoms with Crippen molar-refractivity contribution < 1.29 is 9.90 Å². The molecule has 0 aromatic heterocycles. The number of carbonyl (C=O) groups excluding carboxylic acids is 1. The second-order valence-corrected chi connectivity index (χ2v) is 4.67. The van der Waals surface area contributed by atoms with Gasteiger partial charge in [0.05, 0.1) is 5.38 Å². The maximum atomic E-state index is 11.7. The third-order valence-corrected chi connectivity index (χ3v) is 3.23. The number of benzene rings is 1. The molecule has 2 N–H and O–H groups in total. The molecule has 1 aromatic carbocycles. The maximum absolute atomic E-state index is 11.7. The van der Waals surface area contributed by atoms with E-state index in [0.29, 0.717) is 18.0 Å². The number of aromatic hydroxyl groups is 1. The zero-order valence-corrected chi connectivity index (χ0v) is 9.57. The van der Waals surface area contributed by atoms with Crippen molar-refractivity contribution in [2.24, 2.45) is 5.92 Å². The van der Waals surface area contributed by atoms with E-state index in [9.17, 15) is 4.79 Å². The van der Waals surface area contributed by atoms with Gasteiger partial charge in [0.15, 0.2) is 0 Å². The molecule has 4 heteroatoms. The molecular formula is C12H14ClNO2. The van der Waals surface area contributed by atoms with E-state index in [1.807, 2.05) is 0 Å². The fraction of sp³-hybridized carbons (Fsp3) is 0.417. The zero-order chi connectivity index (χ0) is 11.5. The molecule has 0 aliphatic heterocycles. The van der Waals surface area contributed by atoms with Crippen LogP contribution in [0.3, 0.4) is 0 Å². The molecule has 1 unspecified atom stereocenters. The Labute approximate surface area is 99.4 Å². The quantitative estimate of drug-likeness (QED) is 0.791. The molecule has 1 aliphatic carbocycles. The summed E-state index contributed by atoms with van der Waals surface area (Å²) in [7, 11) is 0. The lowest BCUT2D eigenvalue weighted by Crippen LogP contribution is -2.30. The molecule has 1 saturated carbocycles. The summed E-state index contributed by atoms with van der Waals surface area (Å²) in [4.78, 5) is 11.7. The summed E-state index contributed by atoms with van der Waals surface area (Å²) >= 11 is 6.08. The molecule has 0 spiro atoms. The van der Waals surface area contributed by atoms with Gasteiger partial charge in [-0.1, -0.05) is 0 Å². The van der Waals surface area contributed by atoms with Crippen molar-refractivity contribution in [3.8, 4) is 5.75 Å². The average molecular weight is 240 g/mol. The van der Waals surface area contributed by atoms with Gasteiger partial charge in [0.25, 0.3) is 5.91 Å². The van der Waals surface area contributed by atoms with Crippen LogP contribution in [0.15, 0.2) is 24.3 Å². The smallest absolute Gasteiger partial charge is 0.251 e. The van der Waals surface area contributed by atoms with E-state index in [-0.39, 0.29) is 17.0 Å². The number of phenols is 1. The van der Waals surface area contributed by atoms with Gasteiger partial charge < -0.3 is 10.4 Å². The number of rotatable bonds is 4. The predicted octanol–water partition coefficient (Wildman–Crippen LogP) is 2.14. The minimum absolute atomic E-state index is 0.0427. The number of nitrogens with one attached hydrogen (secondary N) is 1. The molecule has 1 atom stereocenters. The number of carbonyl (C=O) groups is 1. The van der Waals surface area contributed by atoms with Crippen LogP contribution in [0.5, 0.6) is 5.75 Å². The molecule has 2 rings (SSSR count). The summed E-state index contributed by atoms with van der Waals surface area (Å²) in [5, 5.41) is 11.9. The van der Waals surface area contributed by atoms with Crippen molar-refractivity contribution in [2.75, 3.05) is 6.54 Å². The molecule has 16 heavy (non-hydrogen) atoms. The summed E-state index contributed by atoms with van der Waals surface area (Å²) in [5.74, 6) is 0.581. The van der Waals surface area contributed by atoms with Crippen LogP contribution in [0, 0.1) is 5.92 Å². The highest BCUT2D eigenvalue weighted by molar-refractivity contribution is 6.21. The number of hydrogen-bond acceptors (Lipinski definition) is 2.